The van der Waals surface area contributed by atoms with Crippen molar-refractivity contribution in [2.75, 3.05) is 13.4 Å². The minimum absolute atomic E-state index is 0.111. The number of pyridine rings is 1. The molecule has 1 aromatic carbocycles. The third kappa shape index (κ3) is 4.47. The van der Waals surface area contributed by atoms with Gasteiger partial charge in [0.1, 0.15) is 5.76 Å². The molecule has 6 rings (SSSR count). The third-order valence-corrected chi connectivity index (χ3v) is 6.81. The number of rotatable bonds is 9. The molecule has 0 bridgehead atoms. The van der Waals surface area contributed by atoms with E-state index in [9.17, 15) is 4.79 Å². The number of nitrogens with zero attached hydrogens (tertiary/aromatic N) is 5. The zero-order chi connectivity index (χ0) is 24.5. The topological polar surface area (TPSA) is 121 Å². The van der Waals surface area contributed by atoms with Crippen LogP contribution in [0.2, 0.25) is 0 Å². The summed E-state index contributed by atoms with van der Waals surface area (Å²) in [6.07, 6.45) is 4.56. The molecule has 11 nitrogen and oxygen atoms in total. The van der Waals surface area contributed by atoms with E-state index in [1.807, 2.05) is 28.9 Å². The largest absolute Gasteiger partial charge is 0.468 e. The number of fused-ring (bicyclic) bond motifs is 2. The summed E-state index contributed by atoms with van der Waals surface area (Å²) in [5.41, 5.74) is 1.18. The minimum Gasteiger partial charge on any atom is -0.468 e. The Morgan fingerprint density at radius 1 is 1.22 bits per heavy atom. The van der Waals surface area contributed by atoms with Crippen LogP contribution in [0.25, 0.3) is 10.9 Å². The Morgan fingerprint density at radius 2 is 2.11 bits per heavy atom. The zero-order valence-corrected chi connectivity index (χ0v) is 20.1. The lowest BCUT2D eigenvalue weighted by atomic mass is 10.1. The van der Waals surface area contributed by atoms with E-state index in [1.54, 1.807) is 12.3 Å². The van der Waals surface area contributed by atoms with Crippen LogP contribution in [0.4, 0.5) is 0 Å². The van der Waals surface area contributed by atoms with Gasteiger partial charge in [-0.3, -0.25) is 9.69 Å². The van der Waals surface area contributed by atoms with Crippen LogP contribution in [0, 0.1) is 0 Å². The van der Waals surface area contributed by atoms with Gasteiger partial charge in [-0.25, -0.2) is 4.68 Å². The Bertz CT molecular complexity index is 1390. The summed E-state index contributed by atoms with van der Waals surface area (Å²) < 4.78 is 24.3. The second-order valence-corrected chi connectivity index (χ2v) is 9.18. The SMILES string of the molecule is CC[C@H](c1nnnn1C[C@H]1CCCO1)N(Cc1ccco1)Cc1cc2cc3c(cc2[nH]c1=O)OCO3. The van der Waals surface area contributed by atoms with Crippen molar-refractivity contribution in [3.8, 4) is 11.5 Å². The first-order valence-electron chi connectivity index (χ1n) is 12.3. The van der Waals surface area contributed by atoms with Crippen LogP contribution in [0.1, 0.15) is 49.4 Å². The van der Waals surface area contributed by atoms with Crippen LogP contribution in [-0.4, -0.2) is 49.6 Å². The molecule has 0 unspecified atom stereocenters. The van der Waals surface area contributed by atoms with Crippen molar-refractivity contribution < 1.29 is 18.6 Å². The van der Waals surface area contributed by atoms with Gasteiger partial charge in [-0.15, -0.1) is 5.10 Å². The van der Waals surface area contributed by atoms with Gasteiger partial charge < -0.3 is 23.6 Å². The van der Waals surface area contributed by atoms with Crippen molar-refractivity contribution in [2.24, 2.45) is 0 Å². The van der Waals surface area contributed by atoms with E-state index in [0.717, 1.165) is 42.8 Å². The first-order valence-corrected chi connectivity index (χ1v) is 12.3. The van der Waals surface area contributed by atoms with Crippen LogP contribution in [0.15, 0.2) is 45.8 Å². The van der Waals surface area contributed by atoms with Gasteiger partial charge in [0.05, 0.1) is 37.0 Å². The molecule has 2 aliphatic rings. The standard InChI is InChI=1S/C25H28N6O5/c1-2-21(24-27-28-29-31(24)14-19-6-4-8-34-19)30(13-18-5-3-7-33-18)12-17-9-16-10-22-23(36-15-35-22)11-20(16)26-25(17)32/h3,5,7,9-11,19,21H,2,4,6,8,12-15H2,1H3,(H,26,32)/t19-,21-/m1/s1. The van der Waals surface area contributed by atoms with E-state index in [2.05, 4.69) is 32.3 Å². The van der Waals surface area contributed by atoms with Crippen LogP contribution >= 0.6 is 0 Å². The first kappa shape index (κ1) is 22.7. The number of aromatic nitrogens is 5. The van der Waals surface area contributed by atoms with Crippen molar-refractivity contribution in [1.29, 1.82) is 0 Å². The van der Waals surface area contributed by atoms with E-state index in [-0.39, 0.29) is 24.5 Å². The summed E-state index contributed by atoms with van der Waals surface area (Å²) in [7, 11) is 0. The molecule has 0 spiro atoms. The lowest BCUT2D eigenvalue weighted by Gasteiger charge is -2.29. The van der Waals surface area contributed by atoms with Gasteiger partial charge in [-0.05, 0) is 54.0 Å². The van der Waals surface area contributed by atoms with E-state index in [1.165, 1.54) is 0 Å². The molecule has 0 aliphatic carbocycles. The summed E-state index contributed by atoms with van der Waals surface area (Å²) in [6.45, 7) is 4.53. The fraction of sp³-hybridized carbons (Fsp3) is 0.440. The number of benzene rings is 1. The van der Waals surface area contributed by atoms with Crippen molar-refractivity contribution >= 4 is 10.9 Å². The Morgan fingerprint density at radius 3 is 2.89 bits per heavy atom. The minimum atomic E-state index is -0.153. The molecule has 11 heteroatoms. The van der Waals surface area contributed by atoms with Crippen LogP contribution in [-0.2, 0) is 24.4 Å². The molecule has 5 heterocycles. The highest BCUT2D eigenvalue weighted by atomic mass is 16.7. The van der Waals surface area contributed by atoms with E-state index < -0.39 is 0 Å². The number of hydrogen-bond donors (Lipinski definition) is 1. The van der Waals surface area contributed by atoms with Gasteiger partial charge in [0.2, 0.25) is 6.79 Å². The van der Waals surface area contributed by atoms with Crippen LogP contribution in [0.3, 0.4) is 0 Å². The summed E-state index contributed by atoms with van der Waals surface area (Å²) in [4.78, 5) is 18.3. The Hall–Kier alpha value is -3.70. The van der Waals surface area contributed by atoms with Gasteiger partial charge in [-0.2, -0.15) is 0 Å². The Kier molecular flexibility index (Phi) is 6.16. The molecule has 0 radical (unpaired) electrons. The van der Waals surface area contributed by atoms with E-state index >= 15 is 0 Å². The molecule has 188 valence electrons. The Labute approximate surface area is 206 Å². The van der Waals surface area contributed by atoms with Gasteiger partial charge in [0.25, 0.3) is 5.56 Å². The average molecular weight is 493 g/mol. The molecule has 1 saturated heterocycles. The van der Waals surface area contributed by atoms with Crippen molar-refractivity contribution in [3.05, 3.63) is 64.1 Å². The summed E-state index contributed by atoms with van der Waals surface area (Å²) in [5, 5.41) is 13.5. The summed E-state index contributed by atoms with van der Waals surface area (Å²) in [6, 6.07) is 9.26. The molecule has 1 fully saturated rings. The molecule has 0 amide bonds. The second kappa shape index (κ2) is 9.75. The maximum Gasteiger partial charge on any atom is 0.252 e. The highest BCUT2D eigenvalue weighted by Crippen LogP contribution is 2.35. The fourth-order valence-electron chi connectivity index (χ4n) is 5.02. The normalized spacial score (nSPS) is 17.9. The number of ether oxygens (including phenoxy) is 3. The van der Waals surface area contributed by atoms with Crippen LogP contribution < -0.4 is 15.0 Å². The fourth-order valence-corrected chi connectivity index (χ4v) is 5.02. The molecular weight excluding hydrogens is 464 g/mol. The lowest BCUT2D eigenvalue weighted by molar-refractivity contribution is 0.0882. The monoisotopic (exact) mass is 492 g/mol. The highest BCUT2D eigenvalue weighted by Gasteiger charge is 2.28. The number of furan rings is 1. The van der Waals surface area contributed by atoms with Crippen molar-refractivity contribution in [2.45, 2.75) is 58.0 Å². The van der Waals surface area contributed by atoms with Crippen molar-refractivity contribution in [3.63, 3.8) is 0 Å². The molecule has 2 aliphatic heterocycles. The predicted molar refractivity (Wildman–Crippen MR) is 128 cm³/mol. The number of hydrogen-bond acceptors (Lipinski definition) is 9. The quantitative estimate of drug-likeness (QED) is 0.375. The smallest absolute Gasteiger partial charge is 0.252 e. The number of tetrazole rings is 1. The molecule has 4 aromatic rings. The van der Waals surface area contributed by atoms with E-state index in [0.29, 0.717) is 42.2 Å². The zero-order valence-electron chi connectivity index (χ0n) is 20.1. The second-order valence-electron chi connectivity index (χ2n) is 9.18. The average Bonchev–Trinajstić information content (AvgIpc) is 3.68. The number of aromatic amines is 1. The summed E-state index contributed by atoms with van der Waals surface area (Å²) in [5.74, 6) is 2.86. The first-order chi connectivity index (χ1) is 17.7. The molecule has 36 heavy (non-hydrogen) atoms. The summed E-state index contributed by atoms with van der Waals surface area (Å²) >= 11 is 0. The molecule has 1 N–H and O–H groups in total. The molecular formula is C25H28N6O5. The highest BCUT2D eigenvalue weighted by molar-refractivity contribution is 5.83. The lowest BCUT2D eigenvalue weighted by Crippen LogP contribution is -2.33. The van der Waals surface area contributed by atoms with E-state index in [4.69, 9.17) is 18.6 Å². The Balaban J connectivity index is 1.34. The predicted octanol–water partition coefficient (Wildman–Crippen LogP) is 3.17. The number of nitrogens with one attached hydrogen (secondary N) is 1. The van der Waals surface area contributed by atoms with Gasteiger partial charge in [-0.1, -0.05) is 6.92 Å². The van der Waals surface area contributed by atoms with Gasteiger partial charge in [0, 0.05) is 30.2 Å². The number of H-pyrrole nitrogens is 1. The maximum absolute atomic E-state index is 13.1. The van der Waals surface area contributed by atoms with Crippen LogP contribution in [0.5, 0.6) is 11.5 Å². The maximum atomic E-state index is 13.1. The van der Waals surface area contributed by atoms with Crippen molar-refractivity contribution in [1.82, 2.24) is 30.1 Å². The third-order valence-electron chi connectivity index (χ3n) is 6.81. The molecule has 0 saturated carbocycles. The van der Waals surface area contributed by atoms with Gasteiger partial charge >= 0.3 is 0 Å². The van der Waals surface area contributed by atoms with Gasteiger partial charge in [0.15, 0.2) is 17.3 Å². The molecule has 3 aromatic heterocycles. The molecule has 2 atom stereocenters.